The lowest BCUT2D eigenvalue weighted by molar-refractivity contribution is -0.139. The Labute approximate surface area is 242 Å². The van der Waals surface area contributed by atoms with Gasteiger partial charge in [-0.2, -0.15) is 0 Å². The highest BCUT2D eigenvalue weighted by atomic mass is 16.4. The van der Waals surface area contributed by atoms with Gasteiger partial charge >= 0.3 is 5.97 Å². The molecule has 11 nitrogen and oxygen atoms in total. The third-order valence-electron chi connectivity index (χ3n) is 6.68. The molecule has 0 aromatic heterocycles. The van der Waals surface area contributed by atoms with Gasteiger partial charge in [-0.25, -0.2) is 0 Å². The highest BCUT2D eigenvalue weighted by Crippen LogP contribution is 2.33. The Hall–Kier alpha value is -5.32. The van der Waals surface area contributed by atoms with E-state index in [4.69, 9.17) is 5.11 Å². The molecule has 3 aromatic carbocycles. The number of hydrogen-bond donors (Lipinski definition) is 3. The van der Waals surface area contributed by atoms with Crippen LogP contribution in [0.3, 0.4) is 0 Å². The number of aldehydes is 1. The Morgan fingerprint density at radius 3 is 2.33 bits per heavy atom. The van der Waals surface area contributed by atoms with Crippen molar-refractivity contribution in [1.29, 1.82) is 0 Å². The number of carbonyl (C=O) groups excluding carboxylic acids is 5. The van der Waals surface area contributed by atoms with Gasteiger partial charge in [-0.05, 0) is 36.8 Å². The number of carboxylic acid groups (broad SMARTS) is 1. The summed E-state index contributed by atoms with van der Waals surface area (Å²) in [5.41, 5.74) is 2.65. The number of para-hydroxylation sites is 2. The van der Waals surface area contributed by atoms with Crippen molar-refractivity contribution in [3.05, 3.63) is 95.6 Å². The number of aliphatic carboxylic acids is 1. The fourth-order valence-electron chi connectivity index (χ4n) is 4.73. The van der Waals surface area contributed by atoms with Crippen LogP contribution in [-0.2, 0) is 30.4 Å². The molecule has 3 N–H and O–H groups in total. The van der Waals surface area contributed by atoms with Crippen LogP contribution in [0.25, 0.3) is 0 Å². The van der Waals surface area contributed by atoms with E-state index in [1.807, 2.05) is 31.2 Å². The Morgan fingerprint density at radius 1 is 0.976 bits per heavy atom. The molecule has 11 heteroatoms. The summed E-state index contributed by atoms with van der Waals surface area (Å²) in [5.74, 6) is -3.60. The molecule has 216 valence electrons. The molecule has 0 saturated carbocycles. The van der Waals surface area contributed by atoms with Gasteiger partial charge < -0.3 is 25.4 Å². The molecule has 0 saturated heterocycles. The first kappa shape index (κ1) is 29.7. The van der Waals surface area contributed by atoms with E-state index in [0.717, 1.165) is 16.0 Å². The molecule has 0 bridgehead atoms. The number of fused-ring (bicyclic) bond motifs is 1. The number of amides is 4. The first-order valence-corrected chi connectivity index (χ1v) is 13.2. The molecule has 0 aliphatic carbocycles. The van der Waals surface area contributed by atoms with Crippen molar-refractivity contribution in [2.45, 2.75) is 31.8 Å². The molecule has 1 heterocycles. The lowest BCUT2D eigenvalue weighted by Crippen LogP contribution is -2.54. The maximum atomic E-state index is 13.9. The highest BCUT2D eigenvalue weighted by molar-refractivity contribution is 6.11. The largest absolute Gasteiger partial charge is 0.481 e. The topological polar surface area (TPSA) is 153 Å². The van der Waals surface area contributed by atoms with Crippen LogP contribution in [0.4, 0.5) is 11.4 Å². The second-order valence-electron chi connectivity index (χ2n) is 9.88. The molecule has 4 amide bonds. The second kappa shape index (κ2) is 13.4. The van der Waals surface area contributed by atoms with E-state index in [0.29, 0.717) is 17.5 Å². The summed E-state index contributed by atoms with van der Waals surface area (Å²) in [6, 6.07) is 19.7. The Morgan fingerprint density at radius 2 is 1.67 bits per heavy atom. The van der Waals surface area contributed by atoms with Crippen molar-refractivity contribution >= 4 is 47.3 Å². The molecule has 0 radical (unpaired) electrons. The molecule has 1 aliphatic heterocycles. The minimum Gasteiger partial charge on any atom is -0.481 e. The number of carbonyl (C=O) groups is 6. The summed E-state index contributed by atoms with van der Waals surface area (Å²) < 4.78 is 0. The first-order valence-electron chi connectivity index (χ1n) is 13.2. The third kappa shape index (κ3) is 7.25. The average Bonchev–Trinajstić information content (AvgIpc) is 3.07. The van der Waals surface area contributed by atoms with Gasteiger partial charge in [0, 0.05) is 5.56 Å². The zero-order valence-electron chi connectivity index (χ0n) is 22.9. The number of nitrogens with zero attached hydrogens (tertiary/aromatic N) is 2. The van der Waals surface area contributed by atoms with E-state index >= 15 is 0 Å². The van der Waals surface area contributed by atoms with Crippen LogP contribution in [0.1, 0.15) is 27.9 Å². The van der Waals surface area contributed by atoms with Crippen LogP contribution in [0.5, 0.6) is 0 Å². The lowest BCUT2D eigenvalue weighted by Gasteiger charge is -2.25. The molecule has 2 unspecified atom stereocenters. The molecule has 1 aliphatic rings. The maximum absolute atomic E-state index is 13.9. The van der Waals surface area contributed by atoms with Crippen molar-refractivity contribution in [3.63, 3.8) is 0 Å². The number of anilines is 2. The first-order chi connectivity index (χ1) is 20.2. The van der Waals surface area contributed by atoms with Crippen LogP contribution in [0.2, 0.25) is 0 Å². The molecule has 0 fully saturated rings. The van der Waals surface area contributed by atoms with Crippen molar-refractivity contribution < 1.29 is 33.9 Å². The van der Waals surface area contributed by atoms with Crippen molar-refractivity contribution in [1.82, 2.24) is 10.6 Å². The number of carboxylic acids is 1. The molecule has 2 atom stereocenters. The molecule has 42 heavy (non-hydrogen) atoms. The maximum Gasteiger partial charge on any atom is 0.305 e. The van der Waals surface area contributed by atoms with E-state index in [1.54, 1.807) is 54.6 Å². The van der Waals surface area contributed by atoms with Crippen LogP contribution in [-0.4, -0.2) is 66.2 Å². The number of hydrogen-bond acceptors (Lipinski definition) is 6. The van der Waals surface area contributed by atoms with Gasteiger partial charge in [-0.15, -0.1) is 0 Å². The quantitative estimate of drug-likeness (QED) is 0.315. The van der Waals surface area contributed by atoms with Gasteiger partial charge in [0.2, 0.25) is 11.8 Å². The predicted octanol–water partition coefficient (Wildman–Crippen LogP) is 1.87. The normalized spacial score (nSPS) is 15.2. The van der Waals surface area contributed by atoms with Crippen LogP contribution >= 0.6 is 0 Å². The minimum atomic E-state index is -1.30. The molecule has 4 rings (SSSR count). The third-order valence-corrected chi connectivity index (χ3v) is 6.68. The number of rotatable bonds is 10. The van der Waals surface area contributed by atoms with E-state index in [9.17, 15) is 28.8 Å². The fraction of sp³-hybridized carbons (Fsp3) is 0.226. The number of aryl methyl sites for hydroxylation is 1. The van der Waals surface area contributed by atoms with E-state index in [1.165, 1.54) is 4.90 Å². The van der Waals surface area contributed by atoms with E-state index < -0.39 is 48.7 Å². The second-order valence-corrected chi connectivity index (χ2v) is 9.88. The number of nitrogens with one attached hydrogen (secondary N) is 2. The molecule has 3 aromatic rings. The van der Waals surface area contributed by atoms with E-state index in [2.05, 4.69) is 10.6 Å². The minimum absolute atomic E-state index is 0.0280. The summed E-state index contributed by atoms with van der Waals surface area (Å²) in [7, 11) is 0. The van der Waals surface area contributed by atoms with Gasteiger partial charge in [-0.1, -0.05) is 60.2 Å². The molecular formula is C31H30N4O7. The van der Waals surface area contributed by atoms with Crippen LogP contribution in [0.15, 0.2) is 78.9 Å². The monoisotopic (exact) mass is 570 g/mol. The van der Waals surface area contributed by atoms with Crippen LogP contribution < -0.4 is 20.4 Å². The zero-order valence-corrected chi connectivity index (χ0v) is 22.9. The van der Waals surface area contributed by atoms with E-state index in [-0.39, 0.29) is 24.6 Å². The zero-order chi connectivity index (χ0) is 30.2. The highest BCUT2D eigenvalue weighted by Gasteiger charge is 2.38. The Kier molecular flexibility index (Phi) is 9.43. The molecular weight excluding hydrogens is 540 g/mol. The standard InChI is InChI=1S/C31H30N4O7/c1-20-8-7-9-21(14-20)15-28(38)34-17-24(33-30(41)22-10-3-2-4-11-22)31(42)35(26-13-6-5-12-25(26)34)18-27(37)32-23(19-36)16-29(39)40/h2-14,19,23-24H,15-18H2,1H3,(H,32,37)(H,33,41)(H,39,40). The smallest absolute Gasteiger partial charge is 0.305 e. The fourth-order valence-corrected chi connectivity index (χ4v) is 4.73. The Balaban J connectivity index is 1.69. The summed E-state index contributed by atoms with van der Waals surface area (Å²) in [6.45, 7) is 1.13. The van der Waals surface area contributed by atoms with Crippen molar-refractivity contribution in [3.8, 4) is 0 Å². The summed E-state index contributed by atoms with van der Waals surface area (Å²) in [4.78, 5) is 78.7. The van der Waals surface area contributed by atoms with Crippen molar-refractivity contribution in [2.75, 3.05) is 22.9 Å². The number of benzene rings is 3. The van der Waals surface area contributed by atoms with Gasteiger partial charge in [0.05, 0.1) is 36.8 Å². The van der Waals surface area contributed by atoms with Gasteiger partial charge in [-0.3, -0.25) is 28.9 Å². The van der Waals surface area contributed by atoms with Gasteiger partial charge in [0.1, 0.15) is 18.9 Å². The average molecular weight is 571 g/mol. The lowest BCUT2D eigenvalue weighted by atomic mass is 10.1. The SMILES string of the molecule is Cc1cccc(CC(=O)N2CC(NC(=O)c3ccccc3)C(=O)N(CC(=O)NC(C=O)CC(=O)O)c3ccccc32)c1. The molecule has 0 spiro atoms. The summed E-state index contributed by atoms with van der Waals surface area (Å²) in [6.07, 6.45) is -0.296. The summed E-state index contributed by atoms with van der Waals surface area (Å²) >= 11 is 0. The van der Waals surface area contributed by atoms with Gasteiger partial charge in [0.15, 0.2) is 0 Å². The Bertz CT molecular complexity index is 1510. The van der Waals surface area contributed by atoms with Gasteiger partial charge in [0.25, 0.3) is 11.8 Å². The predicted molar refractivity (Wildman–Crippen MR) is 154 cm³/mol. The summed E-state index contributed by atoms with van der Waals surface area (Å²) in [5, 5.41) is 14.1. The van der Waals surface area contributed by atoms with Crippen molar-refractivity contribution in [2.24, 2.45) is 0 Å². The van der Waals surface area contributed by atoms with Crippen LogP contribution in [0, 0.1) is 6.92 Å².